The van der Waals surface area contributed by atoms with Gasteiger partial charge in [-0.2, -0.15) is 12.6 Å². The summed E-state index contributed by atoms with van der Waals surface area (Å²) in [5.41, 5.74) is 0.397. The lowest BCUT2D eigenvalue weighted by molar-refractivity contribution is -0.142. The van der Waals surface area contributed by atoms with Gasteiger partial charge in [-0.1, -0.05) is 30.3 Å². The maximum atomic E-state index is 12.2. The fourth-order valence-electron chi connectivity index (χ4n) is 2.04. The molecule has 0 aliphatic heterocycles. The van der Waals surface area contributed by atoms with Gasteiger partial charge >= 0.3 is 11.9 Å². The van der Waals surface area contributed by atoms with E-state index in [1.54, 1.807) is 30.3 Å². The van der Waals surface area contributed by atoms with Crippen LogP contribution in [-0.2, 0) is 19.2 Å². The molecule has 0 spiro atoms. The molecule has 1 rings (SSSR count). The van der Waals surface area contributed by atoms with Crippen LogP contribution in [0.3, 0.4) is 0 Å². The van der Waals surface area contributed by atoms with Gasteiger partial charge in [0.15, 0.2) is 6.04 Å². The molecule has 9 heteroatoms. The van der Waals surface area contributed by atoms with E-state index in [-0.39, 0.29) is 25.0 Å². The third-order valence-electron chi connectivity index (χ3n) is 3.30. The maximum absolute atomic E-state index is 12.2. The molecule has 0 aliphatic rings. The molecule has 0 aliphatic carbocycles. The van der Waals surface area contributed by atoms with E-state index in [0.29, 0.717) is 5.56 Å². The van der Waals surface area contributed by atoms with Gasteiger partial charge in [0.05, 0.1) is 0 Å². The summed E-state index contributed by atoms with van der Waals surface area (Å²) in [4.78, 5) is 45.8. The van der Waals surface area contributed by atoms with Gasteiger partial charge in [-0.25, -0.2) is 4.79 Å². The number of hydrogen-bond acceptors (Lipinski definition) is 5. The maximum Gasteiger partial charge on any atom is 0.330 e. The Morgan fingerprint density at radius 1 is 1.00 bits per heavy atom. The SMILES string of the molecule is O=C(O)CCCC(=O)N[C@@H](CS)C(=O)N[C@@H](C(=O)O)c1ccccc1. The molecular weight excluding hydrogens is 348 g/mol. The summed E-state index contributed by atoms with van der Waals surface area (Å²) < 4.78 is 0. The lowest BCUT2D eigenvalue weighted by Gasteiger charge is -2.20. The summed E-state index contributed by atoms with van der Waals surface area (Å²) in [7, 11) is 0. The van der Waals surface area contributed by atoms with E-state index >= 15 is 0 Å². The smallest absolute Gasteiger partial charge is 0.330 e. The van der Waals surface area contributed by atoms with Crippen molar-refractivity contribution in [2.75, 3.05) is 5.75 Å². The second kappa shape index (κ2) is 10.3. The second-order valence-corrected chi connectivity index (χ2v) is 5.61. The van der Waals surface area contributed by atoms with E-state index in [4.69, 9.17) is 5.11 Å². The highest BCUT2D eigenvalue weighted by molar-refractivity contribution is 7.80. The molecule has 0 saturated heterocycles. The summed E-state index contributed by atoms with van der Waals surface area (Å²) in [5.74, 6) is -3.45. The first kappa shape index (κ1) is 20.5. The minimum absolute atomic E-state index is 0.0301. The number of thiol groups is 1. The van der Waals surface area contributed by atoms with Crippen molar-refractivity contribution < 1.29 is 29.4 Å². The zero-order chi connectivity index (χ0) is 18.8. The van der Waals surface area contributed by atoms with Crippen LogP contribution in [-0.4, -0.2) is 45.8 Å². The molecule has 0 radical (unpaired) electrons. The van der Waals surface area contributed by atoms with Crippen molar-refractivity contribution in [2.45, 2.75) is 31.3 Å². The molecule has 0 unspecified atom stereocenters. The molecule has 0 bridgehead atoms. The fourth-order valence-corrected chi connectivity index (χ4v) is 2.29. The Kier molecular flexibility index (Phi) is 8.48. The Labute approximate surface area is 150 Å². The van der Waals surface area contributed by atoms with Crippen molar-refractivity contribution in [1.29, 1.82) is 0 Å². The molecule has 2 amide bonds. The van der Waals surface area contributed by atoms with Crippen LogP contribution in [0, 0.1) is 0 Å². The average molecular weight is 368 g/mol. The van der Waals surface area contributed by atoms with Gasteiger partial charge in [0.2, 0.25) is 11.8 Å². The van der Waals surface area contributed by atoms with Crippen molar-refractivity contribution in [2.24, 2.45) is 0 Å². The number of rotatable bonds is 10. The molecule has 25 heavy (non-hydrogen) atoms. The predicted octanol–water partition coefficient (Wildman–Crippen LogP) is 0.598. The zero-order valence-corrected chi connectivity index (χ0v) is 14.2. The van der Waals surface area contributed by atoms with Crippen molar-refractivity contribution in [3.05, 3.63) is 35.9 Å². The van der Waals surface area contributed by atoms with Crippen LogP contribution in [0.4, 0.5) is 0 Å². The number of carboxylic acid groups (broad SMARTS) is 2. The van der Waals surface area contributed by atoms with Gasteiger partial charge in [-0.3, -0.25) is 14.4 Å². The Morgan fingerprint density at radius 2 is 1.64 bits per heavy atom. The number of hydrogen-bond donors (Lipinski definition) is 5. The highest BCUT2D eigenvalue weighted by Gasteiger charge is 2.26. The topological polar surface area (TPSA) is 133 Å². The van der Waals surface area contributed by atoms with Gasteiger partial charge < -0.3 is 20.8 Å². The molecule has 0 heterocycles. The second-order valence-electron chi connectivity index (χ2n) is 5.24. The molecule has 0 saturated carbocycles. The quantitative estimate of drug-likeness (QED) is 0.384. The number of benzene rings is 1. The van der Waals surface area contributed by atoms with Crippen LogP contribution in [0.15, 0.2) is 30.3 Å². The standard InChI is InChI=1S/C16H20N2O6S/c19-12(7-4-8-13(20)21)17-11(9-25)15(22)18-14(16(23)24)10-5-2-1-3-6-10/h1-3,5-6,11,14,25H,4,7-9H2,(H,17,19)(H,18,22)(H,20,21)(H,23,24)/t11-,14+/m0/s1. The lowest BCUT2D eigenvalue weighted by atomic mass is 10.1. The highest BCUT2D eigenvalue weighted by atomic mass is 32.1. The molecule has 136 valence electrons. The van der Waals surface area contributed by atoms with Crippen molar-refractivity contribution in [3.8, 4) is 0 Å². The number of amides is 2. The van der Waals surface area contributed by atoms with Gasteiger partial charge in [-0.05, 0) is 12.0 Å². The third-order valence-corrected chi connectivity index (χ3v) is 3.66. The van der Waals surface area contributed by atoms with E-state index in [9.17, 15) is 24.3 Å². The summed E-state index contributed by atoms with van der Waals surface area (Å²) in [6.45, 7) is 0. The van der Waals surface area contributed by atoms with Gasteiger partial charge in [0.25, 0.3) is 0 Å². The Morgan fingerprint density at radius 3 is 2.16 bits per heavy atom. The van der Waals surface area contributed by atoms with Crippen LogP contribution < -0.4 is 10.6 Å². The van der Waals surface area contributed by atoms with Crippen LogP contribution in [0.1, 0.15) is 30.9 Å². The minimum atomic E-state index is -1.25. The predicted molar refractivity (Wildman–Crippen MR) is 92.2 cm³/mol. The summed E-state index contributed by atoms with van der Waals surface area (Å²) in [6, 6.07) is 5.89. The third kappa shape index (κ3) is 7.25. The van der Waals surface area contributed by atoms with Gasteiger partial charge in [0, 0.05) is 18.6 Å². The lowest BCUT2D eigenvalue weighted by Crippen LogP contribution is -2.49. The van der Waals surface area contributed by atoms with Gasteiger partial charge in [0.1, 0.15) is 6.04 Å². The molecule has 0 fully saturated rings. The Bertz CT molecular complexity index is 622. The summed E-state index contributed by atoms with van der Waals surface area (Å²) in [6.07, 6.45) is -0.0605. The molecule has 1 aromatic carbocycles. The molecular formula is C16H20N2O6S. The van der Waals surface area contributed by atoms with Crippen molar-refractivity contribution in [3.63, 3.8) is 0 Å². The minimum Gasteiger partial charge on any atom is -0.481 e. The Balaban J connectivity index is 2.66. The van der Waals surface area contributed by atoms with Crippen LogP contribution in [0.25, 0.3) is 0 Å². The normalized spacial score (nSPS) is 12.7. The van der Waals surface area contributed by atoms with E-state index in [1.165, 1.54) is 0 Å². The molecule has 2 atom stereocenters. The van der Waals surface area contributed by atoms with E-state index in [2.05, 4.69) is 23.3 Å². The molecule has 8 nitrogen and oxygen atoms in total. The first-order valence-electron chi connectivity index (χ1n) is 7.55. The van der Waals surface area contributed by atoms with E-state index < -0.39 is 35.8 Å². The first-order valence-corrected chi connectivity index (χ1v) is 8.18. The van der Waals surface area contributed by atoms with Crippen molar-refractivity contribution in [1.82, 2.24) is 10.6 Å². The molecule has 0 aromatic heterocycles. The number of carbonyl (C=O) groups excluding carboxylic acids is 2. The summed E-state index contributed by atoms with van der Waals surface area (Å²) in [5, 5.41) is 22.6. The van der Waals surface area contributed by atoms with Gasteiger partial charge in [-0.15, -0.1) is 0 Å². The highest BCUT2D eigenvalue weighted by Crippen LogP contribution is 2.13. The van der Waals surface area contributed by atoms with E-state index in [1.807, 2.05) is 0 Å². The zero-order valence-electron chi connectivity index (χ0n) is 13.3. The molecule has 4 N–H and O–H groups in total. The van der Waals surface area contributed by atoms with Crippen molar-refractivity contribution >= 4 is 36.4 Å². The largest absolute Gasteiger partial charge is 0.481 e. The molecule has 1 aromatic rings. The Hall–Kier alpha value is -2.55. The average Bonchev–Trinajstić information content (AvgIpc) is 2.57. The van der Waals surface area contributed by atoms with Crippen LogP contribution in [0.2, 0.25) is 0 Å². The number of aliphatic carboxylic acids is 2. The fraction of sp³-hybridized carbons (Fsp3) is 0.375. The number of carboxylic acids is 2. The number of carbonyl (C=O) groups is 4. The van der Waals surface area contributed by atoms with Crippen LogP contribution >= 0.6 is 12.6 Å². The van der Waals surface area contributed by atoms with E-state index in [0.717, 1.165) is 0 Å². The summed E-state index contributed by atoms with van der Waals surface area (Å²) >= 11 is 4.00. The first-order chi connectivity index (χ1) is 11.8. The monoisotopic (exact) mass is 368 g/mol. The number of nitrogens with one attached hydrogen (secondary N) is 2. The van der Waals surface area contributed by atoms with Crippen LogP contribution in [0.5, 0.6) is 0 Å².